The number of aromatic nitrogens is 2. The van der Waals surface area contributed by atoms with E-state index in [2.05, 4.69) is 17.4 Å². The standard InChI is InChI=1S/C26H30ClN3O4S/c1-4-19-16(10-11-30-14-18(31)13-22(30)26(32)33)6-5-7-20(19)24-28-25(35-29-24)17-8-9-23(21(27)12-17)34-15(2)3/h5-9,12,15,18,22,31H,4,10-11,13-14H2,1-3H3,(H,32,33)/t18-,22+/m1/s1. The van der Waals surface area contributed by atoms with Gasteiger partial charge in [0.25, 0.3) is 0 Å². The number of β-amino-alcohol motifs (C(OH)–C–C–N with tert-alkyl or cyclic N) is 1. The maximum Gasteiger partial charge on any atom is 0.321 e. The first kappa shape index (κ1) is 25.6. The van der Waals surface area contributed by atoms with E-state index in [0.717, 1.165) is 33.7 Å². The normalized spacial score (nSPS) is 18.3. The van der Waals surface area contributed by atoms with E-state index in [-0.39, 0.29) is 12.5 Å². The third-order valence-electron chi connectivity index (χ3n) is 6.17. The van der Waals surface area contributed by atoms with Gasteiger partial charge in [-0.3, -0.25) is 9.69 Å². The summed E-state index contributed by atoms with van der Waals surface area (Å²) in [6, 6.07) is 11.1. The molecule has 0 bridgehead atoms. The number of aliphatic carboxylic acids is 1. The van der Waals surface area contributed by atoms with Gasteiger partial charge in [0.15, 0.2) is 5.82 Å². The summed E-state index contributed by atoms with van der Waals surface area (Å²) >= 11 is 7.74. The monoisotopic (exact) mass is 515 g/mol. The highest BCUT2D eigenvalue weighted by Crippen LogP contribution is 2.34. The lowest BCUT2D eigenvalue weighted by atomic mass is 9.96. The quantitative estimate of drug-likeness (QED) is 0.416. The lowest BCUT2D eigenvalue weighted by Crippen LogP contribution is -2.37. The molecule has 7 nitrogen and oxygen atoms in total. The van der Waals surface area contributed by atoms with Crippen molar-refractivity contribution in [3.05, 3.63) is 52.5 Å². The van der Waals surface area contributed by atoms with Gasteiger partial charge in [-0.15, -0.1) is 0 Å². The predicted molar refractivity (Wildman–Crippen MR) is 138 cm³/mol. The Labute approximate surface area is 214 Å². The minimum Gasteiger partial charge on any atom is -0.489 e. The zero-order valence-corrected chi connectivity index (χ0v) is 21.6. The third-order valence-corrected chi connectivity index (χ3v) is 7.23. The van der Waals surface area contributed by atoms with Crippen LogP contribution in [-0.4, -0.2) is 61.8 Å². The lowest BCUT2D eigenvalue weighted by Gasteiger charge is -2.21. The van der Waals surface area contributed by atoms with Gasteiger partial charge in [-0.1, -0.05) is 36.7 Å². The molecule has 2 heterocycles. The molecule has 0 saturated carbocycles. The van der Waals surface area contributed by atoms with E-state index < -0.39 is 18.1 Å². The average molecular weight is 516 g/mol. The largest absolute Gasteiger partial charge is 0.489 e. The molecule has 2 aromatic carbocycles. The van der Waals surface area contributed by atoms with Crippen LogP contribution < -0.4 is 4.74 Å². The number of nitrogens with zero attached hydrogens (tertiary/aromatic N) is 3. The summed E-state index contributed by atoms with van der Waals surface area (Å²) in [5, 5.41) is 20.7. The minimum atomic E-state index is -0.880. The zero-order valence-electron chi connectivity index (χ0n) is 20.1. The molecule has 1 fully saturated rings. The summed E-state index contributed by atoms with van der Waals surface area (Å²) in [4.78, 5) is 18.2. The molecule has 186 valence electrons. The number of hydrogen-bond donors (Lipinski definition) is 2. The number of carbonyl (C=O) groups is 1. The van der Waals surface area contributed by atoms with E-state index >= 15 is 0 Å². The highest BCUT2D eigenvalue weighted by molar-refractivity contribution is 7.09. The van der Waals surface area contributed by atoms with Crippen molar-refractivity contribution < 1.29 is 19.7 Å². The molecular formula is C26H30ClN3O4S. The predicted octanol–water partition coefficient (Wildman–Crippen LogP) is 4.94. The number of benzene rings is 2. The first-order chi connectivity index (χ1) is 16.8. The number of carboxylic acids is 1. The summed E-state index contributed by atoms with van der Waals surface area (Å²) < 4.78 is 10.4. The van der Waals surface area contributed by atoms with E-state index in [0.29, 0.717) is 36.1 Å². The summed E-state index contributed by atoms with van der Waals surface area (Å²) in [6.45, 7) is 6.98. The van der Waals surface area contributed by atoms with Crippen LogP contribution in [0.15, 0.2) is 36.4 Å². The first-order valence-electron chi connectivity index (χ1n) is 11.8. The Hall–Kier alpha value is -2.52. The van der Waals surface area contributed by atoms with Crippen molar-refractivity contribution in [2.24, 2.45) is 0 Å². The van der Waals surface area contributed by atoms with Crippen LogP contribution in [0.2, 0.25) is 5.02 Å². The molecule has 0 radical (unpaired) electrons. The van der Waals surface area contributed by atoms with Crippen molar-refractivity contribution in [3.63, 3.8) is 0 Å². The molecule has 3 aromatic rings. The van der Waals surface area contributed by atoms with E-state index in [1.165, 1.54) is 11.5 Å². The fraction of sp³-hybridized carbons (Fsp3) is 0.423. The van der Waals surface area contributed by atoms with Crippen molar-refractivity contribution in [2.45, 2.75) is 58.3 Å². The van der Waals surface area contributed by atoms with E-state index in [1.807, 2.05) is 49.1 Å². The fourth-order valence-corrected chi connectivity index (χ4v) is 5.47. The molecule has 0 unspecified atom stereocenters. The van der Waals surface area contributed by atoms with E-state index in [4.69, 9.17) is 21.3 Å². The van der Waals surface area contributed by atoms with Crippen molar-refractivity contribution in [2.75, 3.05) is 13.1 Å². The van der Waals surface area contributed by atoms with Crippen molar-refractivity contribution in [1.29, 1.82) is 0 Å². The van der Waals surface area contributed by atoms with Gasteiger partial charge in [0.05, 0.1) is 17.2 Å². The number of aliphatic hydroxyl groups excluding tert-OH is 1. The lowest BCUT2D eigenvalue weighted by molar-refractivity contribution is -0.142. The Morgan fingerprint density at radius 3 is 2.80 bits per heavy atom. The van der Waals surface area contributed by atoms with Crippen LogP contribution in [-0.2, 0) is 17.6 Å². The number of carboxylic acid groups (broad SMARTS) is 1. The molecule has 9 heteroatoms. The zero-order chi connectivity index (χ0) is 25.1. The fourth-order valence-electron chi connectivity index (χ4n) is 4.58. The molecule has 2 atom stereocenters. The molecule has 0 aliphatic carbocycles. The molecule has 1 aliphatic rings. The highest BCUT2D eigenvalue weighted by Gasteiger charge is 2.35. The second-order valence-electron chi connectivity index (χ2n) is 9.02. The SMILES string of the molecule is CCc1c(CCN2C[C@H](O)C[C@H]2C(=O)O)cccc1-c1nsc(-c2ccc(OC(C)C)c(Cl)c2)n1. The third kappa shape index (κ3) is 5.83. The van der Waals surface area contributed by atoms with Crippen LogP contribution in [0.4, 0.5) is 0 Å². The van der Waals surface area contributed by atoms with Gasteiger partial charge in [-0.25, -0.2) is 4.98 Å². The Morgan fingerprint density at radius 2 is 2.11 bits per heavy atom. The Bertz CT molecular complexity index is 1200. The van der Waals surface area contributed by atoms with Crippen LogP contribution in [0.5, 0.6) is 5.75 Å². The van der Waals surface area contributed by atoms with Crippen LogP contribution in [0.3, 0.4) is 0 Å². The Balaban J connectivity index is 1.55. The maximum absolute atomic E-state index is 11.6. The number of likely N-dealkylation sites (tertiary alicyclic amines) is 1. The number of halogens is 1. The summed E-state index contributed by atoms with van der Waals surface area (Å²) in [6.07, 6.45) is 1.22. The molecule has 2 N–H and O–H groups in total. The first-order valence-corrected chi connectivity index (χ1v) is 13.0. The minimum absolute atomic E-state index is 0.0387. The molecule has 1 aliphatic heterocycles. The summed E-state index contributed by atoms with van der Waals surface area (Å²) in [7, 11) is 0. The molecule has 35 heavy (non-hydrogen) atoms. The highest BCUT2D eigenvalue weighted by atomic mass is 35.5. The second-order valence-corrected chi connectivity index (χ2v) is 10.2. The van der Waals surface area contributed by atoms with Crippen LogP contribution in [0, 0.1) is 0 Å². The van der Waals surface area contributed by atoms with Crippen LogP contribution in [0.1, 0.15) is 38.3 Å². The summed E-state index contributed by atoms with van der Waals surface area (Å²) in [5.41, 5.74) is 4.17. The van der Waals surface area contributed by atoms with Crippen molar-refractivity contribution in [3.8, 4) is 27.7 Å². The molecule has 0 amide bonds. The topological polar surface area (TPSA) is 95.8 Å². The van der Waals surface area contributed by atoms with Gasteiger partial charge in [0.2, 0.25) is 0 Å². The van der Waals surface area contributed by atoms with Crippen molar-refractivity contribution in [1.82, 2.24) is 14.3 Å². The maximum atomic E-state index is 11.6. The van der Waals surface area contributed by atoms with E-state index in [1.54, 1.807) is 0 Å². The van der Waals surface area contributed by atoms with Gasteiger partial charge < -0.3 is 14.9 Å². The second kappa shape index (κ2) is 11.0. The van der Waals surface area contributed by atoms with Gasteiger partial charge in [-0.05, 0) is 67.5 Å². The smallest absolute Gasteiger partial charge is 0.321 e. The molecule has 0 spiro atoms. The van der Waals surface area contributed by atoms with Gasteiger partial charge >= 0.3 is 5.97 Å². The average Bonchev–Trinajstić information content (AvgIpc) is 3.45. The summed E-state index contributed by atoms with van der Waals surface area (Å²) in [5.74, 6) is 0.434. The molecule has 1 aromatic heterocycles. The number of ether oxygens (including phenoxy) is 1. The number of hydrogen-bond acceptors (Lipinski definition) is 7. The van der Waals surface area contributed by atoms with Crippen molar-refractivity contribution >= 4 is 29.1 Å². The van der Waals surface area contributed by atoms with Crippen LogP contribution >= 0.6 is 23.1 Å². The van der Waals surface area contributed by atoms with E-state index in [9.17, 15) is 15.0 Å². The van der Waals surface area contributed by atoms with Crippen LogP contribution in [0.25, 0.3) is 22.0 Å². The Morgan fingerprint density at radius 1 is 1.31 bits per heavy atom. The number of rotatable bonds is 9. The molecule has 1 saturated heterocycles. The Kier molecular flexibility index (Phi) is 8.06. The van der Waals surface area contributed by atoms with Gasteiger partial charge in [0.1, 0.15) is 16.8 Å². The molecule has 4 rings (SSSR count). The van der Waals surface area contributed by atoms with Gasteiger partial charge in [0, 0.05) is 30.6 Å². The molecular weight excluding hydrogens is 486 g/mol. The number of aliphatic hydroxyl groups is 1. The van der Waals surface area contributed by atoms with Gasteiger partial charge in [-0.2, -0.15) is 4.37 Å².